The van der Waals surface area contributed by atoms with Crippen LogP contribution in [0.25, 0.3) is 0 Å². The maximum Gasteiger partial charge on any atom is 0.329 e. The molecule has 178 valence electrons. The fraction of sp³-hybridized carbons (Fsp3) is 0.333. The number of hydrogen-bond donors (Lipinski definition) is 1. The molecule has 11 heteroatoms. The summed E-state index contributed by atoms with van der Waals surface area (Å²) in [6, 6.07) is 6.54. The molecule has 35 heavy (non-hydrogen) atoms. The molecule has 5 heterocycles. The van der Waals surface area contributed by atoms with Crippen molar-refractivity contribution in [2.45, 2.75) is 25.0 Å². The van der Waals surface area contributed by atoms with E-state index in [2.05, 4.69) is 15.3 Å². The minimum absolute atomic E-state index is 0.0516. The van der Waals surface area contributed by atoms with Crippen molar-refractivity contribution >= 4 is 35.3 Å². The molecule has 0 aliphatic carbocycles. The van der Waals surface area contributed by atoms with Crippen LogP contribution in [0.3, 0.4) is 0 Å². The predicted molar refractivity (Wildman–Crippen MR) is 124 cm³/mol. The molecule has 2 bridgehead atoms. The fourth-order valence-corrected chi connectivity index (χ4v) is 4.98. The number of ether oxygens (including phenoxy) is 2. The first-order valence-electron chi connectivity index (χ1n) is 11.4. The van der Waals surface area contributed by atoms with Crippen LogP contribution in [0.2, 0.25) is 0 Å². The molecule has 1 aromatic carbocycles. The number of morpholine rings is 1. The predicted octanol–water partition coefficient (Wildman–Crippen LogP) is 0.652. The van der Waals surface area contributed by atoms with Crippen molar-refractivity contribution in [3.8, 4) is 5.75 Å². The lowest BCUT2D eigenvalue weighted by Gasteiger charge is -2.29. The summed E-state index contributed by atoms with van der Waals surface area (Å²) in [4.78, 5) is 54.6. The zero-order valence-corrected chi connectivity index (χ0v) is 18.9. The summed E-state index contributed by atoms with van der Waals surface area (Å²) in [7, 11) is 1.52. The number of nitrogens with zero attached hydrogens (tertiary/aromatic N) is 5. The highest BCUT2D eigenvalue weighted by Crippen LogP contribution is 2.40. The van der Waals surface area contributed by atoms with Crippen LogP contribution in [0, 0.1) is 0 Å². The number of amides is 2. The van der Waals surface area contributed by atoms with Crippen molar-refractivity contribution in [1.29, 1.82) is 0 Å². The van der Waals surface area contributed by atoms with Crippen LogP contribution in [0.1, 0.15) is 27.9 Å². The number of rotatable bonds is 4. The lowest BCUT2D eigenvalue weighted by molar-refractivity contribution is -0.156. The summed E-state index contributed by atoms with van der Waals surface area (Å²) in [5, 5.41) is 2.86. The van der Waals surface area contributed by atoms with E-state index in [-0.39, 0.29) is 30.3 Å². The quantitative estimate of drug-likeness (QED) is 0.645. The van der Waals surface area contributed by atoms with Crippen LogP contribution in [-0.2, 0) is 20.7 Å². The second-order valence-corrected chi connectivity index (χ2v) is 8.68. The Kier molecular flexibility index (Phi) is 4.97. The number of fused-ring (bicyclic) bond motifs is 5. The first-order valence-corrected chi connectivity index (χ1v) is 11.4. The summed E-state index contributed by atoms with van der Waals surface area (Å²) in [5.74, 6) is 0.608. The second-order valence-electron chi connectivity index (χ2n) is 8.68. The van der Waals surface area contributed by atoms with Crippen LogP contribution < -0.4 is 10.1 Å². The molecule has 6 rings (SSSR count). The molecule has 0 unspecified atom stereocenters. The number of methoxy groups -OCH3 is 1. The van der Waals surface area contributed by atoms with E-state index >= 15 is 0 Å². The Morgan fingerprint density at radius 3 is 2.91 bits per heavy atom. The second kappa shape index (κ2) is 8.19. The van der Waals surface area contributed by atoms with Crippen LogP contribution in [0.15, 0.2) is 46.6 Å². The van der Waals surface area contributed by atoms with Crippen molar-refractivity contribution in [1.82, 2.24) is 20.1 Å². The van der Waals surface area contributed by atoms with Gasteiger partial charge in [-0.1, -0.05) is 6.07 Å². The average Bonchev–Trinajstić information content (AvgIpc) is 3.60. The summed E-state index contributed by atoms with van der Waals surface area (Å²) in [6.07, 6.45) is 3.46. The lowest BCUT2D eigenvalue weighted by atomic mass is 10.0. The average molecular weight is 474 g/mol. The molecule has 4 aliphatic rings. The summed E-state index contributed by atoms with van der Waals surface area (Å²) < 4.78 is 10.9. The number of hydrogen-bond acceptors (Lipinski definition) is 9. The molecule has 0 saturated carbocycles. The monoisotopic (exact) mass is 474 g/mol. The first-order chi connectivity index (χ1) is 17.0. The smallest absolute Gasteiger partial charge is 0.329 e. The maximum atomic E-state index is 13.1. The topological polar surface area (TPSA) is 126 Å². The molecule has 2 saturated heterocycles. The summed E-state index contributed by atoms with van der Waals surface area (Å²) in [6.45, 7) is 1.56. The number of pyridine rings is 1. The molecule has 4 aliphatic heterocycles. The molecule has 11 nitrogen and oxygen atoms in total. The number of carbonyl (C=O) groups excluding carboxylic acids is 3. The van der Waals surface area contributed by atoms with Crippen LogP contribution in [0.5, 0.6) is 5.75 Å². The third-order valence-corrected chi connectivity index (χ3v) is 6.60. The molecule has 1 aromatic heterocycles. The number of esters is 1. The number of aromatic nitrogens is 1. The van der Waals surface area contributed by atoms with Crippen molar-refractivity contribution in [3.63, 3.8) is 0 Å². The zero-order chi connectivity index (χ0) is 24.1. The van der Waals surface area contributed by atoms with Gasteiger partial charge in [0.25, 0.3) is 5.91 Å². The third kappa shape index (κ3) is 3.50. The van der Waals surface area contributed by atoms with E-state index < -0.39 is 6.04 Å². The van der Waals surface area contributed by atoms with Gasteiger partial charge in [0.2, 0.25) is 11.9 Å². The molecular formula is C24H22N6O5. The Labute approximate surface area is 200 Å². The molecule has 1 N–H and O–H groups in total. The minimum Gasteiger partial charge on any atom is -0.494 e. The molecule has 2 amide bonds. The Morgan fingerprint density at radius 1 is 1.29 bits per heavy atom. The molecule has 0 radical (unpaired) electrons. The van der Waals surface area contributed by atoms with Gasteiger partial charge in [-0.05, 0) is 18.2 Å². The van der Waals surface area contributed by atoms with E-state index in [1.807, 2.05) is 17.0 Å². The number of likely N-dealkylation sites (tertiary alicyclic amines) is 1. The largest absolute Gasteiger partial charge is 0.494 e. The molecule has 2 atom stereocenters. The van der Waals surface area contributed by atoms with Crippen molar-refractivity contribution in [3.05, 3.63) is 53.3 Å². The highest BCUT2D eigenvalue weighted by Gasteiger charge is 2.48. The minimum atomic E-state index is -0.509. The number of nitrogens with one attached hydrogen (secondary N) is 1. The molecular weight excluding hydrogens is 452 g/mol. The van der Waals surface area contributed by atoms with Gasteiger partial charge >= 0.3 is 5.97 Å². The van der Waals surface area contributed by atoms with Gasteiger partial charge in [-0.2, -0.15) is 0 Å². The molecule has 2 aromatic rings. The van der Waals surface area contributed by atoms with Crippen molar-refractivity contribution in [2.24, 2.45) is 9.98 Å². The van der Waals surface area contributed by atoms with Crippen LogP contribution in [0.4, 0.5) is 5.69 Å². The highest BCUT2D eigenvalue weighted by atomic mass is 16.6. The van der Waals surface area contributed by atoms with E-state index in [1.54, 1.807) is 23.2 Å². The van der Waals surface area contributed by atoms with E-state index in [4.69, 9.17) is 14.5 Å². The van der Waals surface area contributed by atoms with Gasteiger partial charge in [-0.3, -0.25) is 29.8 Å². The van der Waals surface area contributed by atoms with E-state index in [1.165, 1.54) is 13.3 Å². The highest BCUT2D eigenvalue weighted by molar-refractivity contribution is 6.20. The van der Waals surface area contributed by atoms with E-state index in [9.17, 15) is 14.4 Å². The first kappa shape index (κ1) is 21.3. The standard InChI is InChI=1S/C24H22N6O5/c1-34-20-13(9-18(31)30-12-15-10-17(30)23(33)35-15)4-5-16-19(20)27-24(29-8-7-26-21(16)29)28-22(32)14-3-2-6-25-11-14/h2-6,11,15,17H,7-10,12H2,1H3,(H,27,28,32)/t15-,17-/m0/s1. The zero-order valence-electron chi connectivity index (χ0n) is 18.9. The van der Waals surface area contributed by atoms with Crippen LogP contribution >= 0.6 is 0 Å². The Hall–Kier alpha value is -4.28. The van der Waals surface area contributed by atoms with Crippen molar-refractivity contribution < 1.29 is 23.9 Å². The van der Waals surface area contributed by atoms with Gasteiger partial charge in [0.05, 0.1) is 32.2 Å². The normalized spacial score (nSPS) is 21.7. The fourth-order valence-electron chi connectivity index (χ4n) is 4.98. The van der Waals surface area contributed by atoms with Gasteiger partial charge < -0.3 is 14.4 Å². The number of amidine groups is 1. The number of guanidine groups is 1. The number of aliphatic imine (C=N–C) groups is 2. The van der Waals surface area contributed by atoms with Crippen molar-refractivity contribution in [2.75, 3.05) is 26.7 Å². The van der Waals surface area contributed by atoms with Gasteiger partial charge in [0.15, 0.2) is 0 Å². The maximum absolute atomic E-state index is 13.1. The Balaban J connectivity index is 1.32. The Morgan fingerprint density at radius 2 is 2.17 bits per heavy atom. The summed E-state index contributed by atoms with van der Waals surface area (Å²) >= 11 is 0. The van der Waals surface area contributed by atoms with Crippen LogP contribution in [-0.4, -0.2) is 83.3 Å². The number of carbonyl (C=O) groups is 3. The van der Waals surface area contributed by atoms with Gasteiger partial charge in [-0.25, -0.2) is 9.79 Å². The SMILES string of the molecule is COc1c(CC(=O)N2C[C@@H]3C[C@H]2C(=O)O3)ccc2c1N=C(NC(=O)c1cccnc1)N1CCN=C21. The van der Waals surface area contributed by atoms with E-state index in [0.717, 1.165) is 5.56 Å². The van der Waals surface area contributed by atoms with Gasteiger partial charge in [0.1, 0.15) is 29.4 Å². The molecule has 0 spiro atoms. The number of benzene rings is 1. The Bertz CT molecular complexity index is 1310. The van der Waals surface area contributed by atoms with Gasteiger partial charge in [0, 0.05) is 36.5 Å². The van der Waals surface area contributed by atoms with Gasteiger partial charge in [-0.15, -0.1) is 0 Å². The third-order valence-electron chi connectivity index (χ3n) is 6.60. The lowest BCUT2D eigenvalue weighted by Crippen LogP contribution is -2.47. The summed E-state index contributed by atoms with van der Waals surface area (Å²) in [5.41, 5.74) is 2.31. The molecule has 2 fully saturated rings. The van der Waals surface area contributed by atoms with E-state index in [0.29, 0.717) is 60.4 Å².